The van der Waals surface area contributed by atoms with Crippen LogP contribution in [0, 0.1) is 0 Å². The second-order valence-corrected chi connectivity index (χ2v) is 10.1. The van der Waals surface area contributed by atoms with Crippen molar-refractivity contribution >= 4 is 33.0 Å². The minimum Gasteiger partial charge on any atom is -0.322 e. The van der Waals surface area contributed by atoms with Crippen molar-refractivity contribution < 1.29 is 13.2 Å². The van der Waals surface area contributed by atoms with Crippen molar-refractivity contribution in [2.75, 3.05) is 11.1 Å². The van der Waals surface area contributed by atoms with Gasteiger partial charge in [0.2, 0.25) is 0 Å². The van der Waals surface area contributed by atoms with E-state index in [0.29, 0.717) is 22.1 Å². The van der Waals surface area contributed by atoms with Crippen LogP contribution in [0.15, 0.2) is 47.4 Å². The van der Waals surface area contributed by atoms with E-state index in [9.17, 15) is 13.2 Å². The summed E-state index contributed by atoms with van der Waals surface area (Å²) in [4.78, 5) is 12.9. The number of halogens is 1. The molecular formula is C22H23ClN4O3S. The zero-order valence-corrected chi connectivity index (χ0v) is 18.7. The molecule has 7 nitrogen and oxygen atoms in total. The summed E-state index contributed by atoms with van der Waals surface area (Å²) in [5, 5.41) is 12.0. The maximum absolute atomic E-state index is 12.9. The van der Waals surface area contributed by atoms with Crippen LogP contribution in [0.5, 0.6) is 0 Å². The smallest absolute Gasteiger partial charge is 0.256 e. The summed E-state index contributed by atoms with van der Waals surface area (Å²) < 4.78 is 26.9. The van der Waals surface area contributed by atoms with Gasteiger partial charge in [-0.2, -0.15) is 0 Å². The highest BCUT2D eigenvalue weighted by molar-refractivity contribution is 7.91. The highest BCUT2D eigenvalue weighted by Crippen LogP contribution is 2.31. The van der Waals surface area contributed by atoms with Crippen molar-refractivity contribution in [3.63, 3.8) is 0 Å². The van der Waals surface area contributed by atoms with E-state index in [1.54, 1.807) is 37.3 Å². The predicted molar refractivity (Wildman–Crippen MR) is 120 cm³/mol. The Hall–Kier alpha value is -2.71. The van der Waals surface area contributed by atoms with Crippen LogP contribution in [-0.2, 0) is 22.8 Å². The summed E-state index contributed by atoms with van der Waals surface area (Å²) in [6, 6.07) is 11.3. The summed E-state index contributed by atoms with van der Waals surface area (Å²) in [6.45, 7) is 2.38. The number of fused-ring (bicyclic) bond motifs is 1. The minimum atomic E-state index is -3.53. The van der Waals surface area contributed by atoms with Crippen LogP contribution < -0.4 is 5.32 Å². The van der Waals surface area contributed by atoms with Crippen LogP contribution in [-0.4, -0.2) is 34.8 Å². The Kier molecular flexibility index (Phi) is 6.11. The van der Waals surface area contributed by atoms with Gasteiger partial charge in [-0.25, -0.2) is 8.42 Å². The summed E-state index contributed by atoms with van der Waals surface area (Å²) in [7, 11) is -3.53. The summed E-state index contributed by atoms with van der Waals surface area (Å²) in [5.74, 6) is 1.03. The van der Waals surface area contributed by atoms with Gasteiger partial charge in [-0.1, -0.05) is 37.1 Å². The van der Waals surface area contributed by atoms with Gasteiger partial charge in [-0.3, -0.25) is 4.79 Å². The average molecular weight is 459 g/mol. The Labute approximate surface area is 186 Å². The molecule has 2 heterocycles. The molecule has 1 N–H and O–H groups in total. The van der Waals surface area contributed by atoms with Gasteiger partial charge in [-0.05, 0) is 43.2 Å². The number of nitrogens with zero attached hydrogens (tertiary/aromatic N) is 3. The van der Waals surface area contributed by atoms with Gasteiger partial charge in [0.05, 0.1) is 21.2 Å². The fourth-order valence-corrected chi connectivity index (χ4v) is 5.03. The molecule has 9 heteroatoms. The molecule has 31 heavy (non-hydrogen) atoms. The zero-order valence-electron chi connectivity index (χ0n) is 17.1. The van der Waals surface area contributed by atoms with Crippen LogP contribution in [0.1, 0.15) is 42.4 Å². The summed E-state index contributed by atoms with van der Waals surface area (Å²) >= 11 is 6.46. The van der Waals surface area contributed by atoms with Gasteiger partial charge in [0, 0.05) is 24.2 Å². The fourth-order valence-electron chi connectivity index (χ4n) is 3.74. The lowest BCUT2D eigenvalue weighted by atomic mass is 10.1. The molecule has 0 bridgehead atoms. The molecule has 0 radical (unpaired) electrons. The Morgan fingerprint density at radius 1 is 1.13 bits per heavy atom. The molecule has 2 aromatic carbocycles. The highest BCUT2D eigenvalue weighted by atomic mass is 35.5. The van der Waals surface area contributed by atoms with Crippen LogP contribution in [0.2, 0.25) is 5.02 Å². The number of benzene rings is 2. The third-order valence-corrected chi connectivity index (χ3v) is 7.54. The Balaban J connectivity index is 1.67. The first kappa shape index (κ1) is 21.5. The number of rotatable bonds is 5. The number of sulfone groups is 1. The second kappa shape index (κ2) is 8.80. The molecule has 162 valence electrons. The van der Waals surface area contributed by atoms with Crippen LogP contribution in [0.3, 0.4) is 0 Å². The van der Waals surface area contributed by atoms with E-state index in [0.717, 1.165) is 38.1 Å². The van der Waals surface area contributed by atoms with E-state index in [2.05, 4.69) is 20.1 Å². The molecule has 1 aromatic heterocycles. The lowest BCUT2D eigenvalue weighted by Gasteiger charge is -2.12. The van der Waals surface area contributed by atoms with Gasteiger partial charge in [0.25, 0.3) is 5.91 Å². The largest absolute Gasteiger partial charge is 0.322 e. The quantitative estimate of drug-likeness (QED) is 0.612. The third-order valence-electron chi connectivity index (χ3n) is 5.42. The van der Waals surface area contributed by atoms with Gasteiger partial charge in [-0.15, -0.1) is 10.2 Å². The number of amides is 1. The van der Waals surface area contributed by atoms with Gasteiger partial charge >= 0.3 is 0 Å². The number of aromatic nitrogens is 3. The first-order valence-corrected chi connectivity index (χ1v) is 12.3. The maximum Gasteiger partial charge on any atom is 0.256 e. The Morgan fingerprint density at radius 3 is 2.74 bits per heavy atom. The summed E-state index contributed by atoms with van der Waals surface area (Å²) in [6.07, 6.45) is 4.16. The van der Waals surface area contributed by atoms with Crippen molar-refractivity contribution in [3.05, 3.63) is 58.9 Å². The SMILES string of the molecule is CCS(=O)(=O)c1ccccc1C(=O)Nc1ccc(Cl)c(-c2nnc3n2CCCCC3)c1. The molecule has 0 atom stereocenters. The first-order chi connectivity index (χ1) is 14.9. The number of hydrogen-bond acceptors (Lipinski definition) is 5. The lowest BCUT2D eigenvalue weighted by molar-refractivity contribution is 0.102. The Morgan fingerprint density at radius 2 is 1.94 bits per heavy atom. The molecule has 0 unspecified atom stereocenters. The monoisotopic (exact) mass is 458 g/mol. The van der Waals surface area contributed by atoms with Crippen molar-refractivity contribution in [1.82, 2.24) is 14.8 Å². The standard InChI is InChI=1S/C22H23ClN4O3S/c1-2-31(29,30)19-9-6-5-8-16(19)22(28)24-15-11-12-18(23)17(14-15)21-26-25-20-10-4-3-7-13-27(20)21/h5-6,8-9,11-12,14H,2-4,7,10,13H2,1H3,(H,24,28). The topological polar surface area (TPSA) is 93.9 Å². The average Bonchev–Trinajstić information content (AvgIpc) is 3.02. The zero-order chi connectivity index (χ0) is 22.0. The molecule has 0 saturated heterocycles. The molecule has 0 spiro atoms. The van der Waals surface area contributed by atoms with Crippen LogP contribution in [0.4, 0.5) is 5.69 Å². The number of aryl methyl sites for hydroxylation is 1. The predicted octanol–water partition coefficient (Wildman–Crippen LogP) is 4.37. The van der Waals surface area contributed by atoms with Gasteiger partial charge in [0.15, 0.2) is 15.7 Å². The third kappa shape index (κ3) is 4.36. The van der Waals surface area contributed by atoms with E-state index >= 15 is 0 Å². The minimum absolute atomic E-state index is 0.0203. The number of carbonyl (C=O) groups is 1. The fraction of sp³-hybridized carbons (Fsp3) is 0.318. The van der Waals surface area contributed by atoms with Gasteiger partial charge in [0.1, 0.15) is 5.82 Å². The number of carbonyl (C=O) groups excluding carboxylic acids is 1. The molecule has 0 fully saturated rings. The molecular weight excluding hydrogens is 436 g/mol. The molecule has 0 aliphatic carbocycles. The van der Waals surface area contributed by atoms with Gasteiger partial charge < -0.3 is 9.88 Å². The molecule has 1 amide bonds. The van der Waals surface area contributed by atoms with Crippen LogP contribution in [0.25, 0.3) is 11.4 Å². The highest BCUT2D eigenvalue weighted by Gasteiger charge is 2.22. The number of nitrogens with one attached hydrogen (secondary N) is 1. The van der Waals surface area contributed by atoms with E-state index in [1.165, 1.54) is 12.1 Å². The first-order valence-electron chi connectivity index (χ1n) is 10.3. The second-order valence-electron chi connectivity index (χ2n) is 7.45. The molecule has 3 aromatic rings. The summed E-state index contributed by atoms with van der Waals surface area (Å²) in [5.41, 5.74) is 1.28. The molecule has 1 aliphatic rings. The maximum atomic E-state index is 12.9. The Bertz CT molecular complexity index is 1240. The molecule has 4 rings (SSSR count). The van der Waals surface area contributed by atoms with Crippen molar-refractivity contribution in [3.8, 4) is 11.4 Å². The van der Waals surface area contributed by atoms with Crippen molar-refractivity contribution in [2.24, 2.45) is 0 Å². The van der Waals surface area contributed by atoms with Crippen molar-refractivity contribution in [1.29, 1.82) is 0 Å². The number of anilines is 1. The number of hydrogen-bond donors (Lipinski definition) is 1. The van der Waals surface area contributed by atoms with E-state index in [1.807, 2.05) is 0 Å². The normalized spacial score (nSPS) is 14.0. The van der Waals surface area contributed by atoms with E-state index in [-0.39, 0.29) is 16.2 Å². The lowest BCUT2D eigenvalue weighted by Crippen LogP contribution is -2.17. The van der Waals surface area contributed by atoms with Crippen LogP contribution >= 0.6 is 11.6 Å². The van der Waals surface area contributed by atoms with E-state index < -0.39 is 15.7 Å². The molecule has 1 aliphatic heterocycles. The van der Waals surface area contributed by atoms with E-state index in [4.69, 9.17) is 11.6 Å². The molecule has 0 saturated carbocycles. The van der Waals surface area contributed by atoms with Crippen molar-refractivity contribution in [2.45, 2.75) is 44.0 Å².